The van der Waals surface area contributed by atoms with Crippen molar-refractivity contribution in [1.82, 2.24) is 0 Å². The maximum absolute atomic E-state index is 12.2. The number of thiophene rings is 1. The summed E-state index contributed by atoms with van der Waals surface area (Å²) < 4.78 is 1.11. The molecule has 120 valence electrons. The van der Waals surface area contributed by atoms with Gasteiger partial charge in [-0.25, -0.2) is 0 Å². The molecule has 2 aromatic carbocycles. The van der Waals surface area contributed by atoms with Crippen molar-refractivity contribution < 1.29 is 9.59 Å². The molecule has 0 atom stereocenters. The van der Waals surface area contributed by atoms with Crippen molar-refractivity contribution in [2.75, 3.05) is 10.6 Å². The van der Waals surface area contributed by atoms with Crippen molar-refractivity contribution >= 4 is 57.1 Å². The number of amides is 2. The molecule has 0 bridgehead atoms. The van der Waals surface area contributed by atoms with Gasteiger partial charge in [0.25, 0.3) is 11.8 Å². The Morgan fingerprint density at radius 3 is 1.96 bits per heavy atom. The molecular formula is C18H13IN2O2S. The quantitative estimate of drug-likeness (QED) is 0.561. The minimum absolute atomic E-state index is 0.152. The number of hydrogen-bond acceptors (Lipinski definition) is 3. The summed E-state index contributed by atoms with van der Waals surface area (Å²) in [5.74, 6) is -0.339. The second kappa shape index (κ2) is 7.59. The zero-order valence-electron chi connectivity index (χ0n) is 12.5. The highest BCUT2D eigenvalue weighted by molar-refractivity contribution is 14.1. The third-order valence-electron chi connectivity index (χ3n) is 3.25. The van der Waals surface area contributed by atoms with Crippen molar-refractivity contribution in [2.45, 2.75) is 0 Å². The fourth-order valence-corrected chi connectivity index (χ4v) is 3.02. The van der Waals surface area contributed by atoms with Gasteiger partial charge in [-0.3, -0.25) is 9.59 Å². The van der Waals surface area contributed by atoms with E-state index in [1.54, 1.807) is 30.3 Å². The van der Waals surface area contributed by atoms with Crippen molar-refractivity contribution in [3.05, 3.63) is 80.1 Å². The van der Waals surface area contributed by atoms with Gasteiger partial charge in [0.1, 0.15) is 0 Å². The van der Waals surface area contributed by atoms with E-state index in [2.05, 4.69) is 33.2 Å². The number of rotatable bonds is 4. The smallest absolute Gasteiger partial charge is 0.265 e. The zero-order chi connectivity index (χ0) is 16.9. The van der Waals surface area contributed by atoms with Crippen LogP contribution in [0.3, 0.4) is 0 Å². The Labute approximate surface area is 157 Å². The highest BCUT2D eigenvalue weighted by atomic mass is 127. The number of carbonyl (C=O) groups excluding carboxylic acids is 2. The first kappa shape index (κ1) is 16.7. The standard InChI is InChI=1S/C18H13IN2O2S/c19-13-5-9-15(10-6-13)20-17(22)12-3-7-14(8-4-12)21-18(23)16-2-1-11-24-16/h1-11H,(H,20,22)(H,21,23). The molecule has 3 aromatic rings. The molecule has 4 nitrogen and oxygen atoms in total. The molecule has 2 N–H and O–H groups in total. The van der Waals surface area contributed by atoms with E-state index in [-0.39, 0.29) is 11.8 Å². The van der Waals surface area contributed by atoms with Gasteiger partial charge in [-0.2, -0.15) is 0 Å². The molecule has 1 heterocycles. The fourth-order valence-electron chi connectivity index (χ4n) is 2.04. The maximum Gasteiger partial charge on any atom is 0.265 e. The highest BCUT2D eigenvalue weighted by Crippen LogP contribution is 2.16. The van der Waals surface area contributed by atoms with Crippen LogP contribution in [-0.2, 0) is 0 Å². The Balaban J connectivity index is 1.64. The molecule has 24 heavy (non-hydrogen) atoms. The fraction of sp³-hybridized carbons (Fsp3) is 0. The first-order valence-corrected chi connectivity index (χ1v) is 9.09. The van der Waals surface area contributed by atoms with Crippen molar-refractivity contribution in [1.29, 1.82) is 0 Å². The normalized spacial score (nSPS) is 10.2. The van der Waals surface area contributed by atoms with E-state index in [4.69, 9.17) is 0 Å². The number of nitrogens with one attached hydrogen (secondary N) is 2. The van der Waals surface area contributed by atoms with Crippen molar-refractivity contribution in [2.24, 2.45) is 0 Å². The summed E-state index contributed by atoms with van der Waals surface area (Å²) in [5, 5.41) is 7.50. The summed E-state index contributed by atoms with van der Waals surface area (Å²) in [4.78, 5) is 24.9. The predicted molar refractivity (Wildman–Crippen MR) is 106 cm³/mol. The summed E-state index contributed by atoms with van der Waals surface area (Å²) in [5.41, 5.74) is 1.93. The lowest BCUT2D eigenvalue weighted by Crippen LogP contribution is -2.13. The molecule has 3 rings (SSSR count). The first-order chi connectivity index (χ1) is 11.6. The molecule has 0 aliphatic rings. The number of carbonyl (C=O) groups is 2. The Morgan fingerprint density at radius 2 is 1.38 bits per heavy atom. The molecule has 0 saturated carbocycles. The number of halogens is 1. The number of benzene rings is 2. The molecule has 0 aliphatic heterocycles. The summed E-state index contributed by atoms with van der Waals surface area (Å²) in [6, 6.07) is 18.0. The second-order valence-electron chi connectivity index (χ2n) is 4.97. The second-order valence-corrected chi connectivity index (χ2v) is 7.16. The molecule has 2 amide bonds. The molecule has 0 unspecified atom stereocenters. The van der Waals surface area contributed by atoms with Gasteiger partial charge >= 0.3 is 0 Å². The molecule has 6 heteroatoms. The van der Waals surface area contributed by atoms with Crippen LogP contribution >= 0.6 is 33.9 Å². The predicted octanol–water partition coefficient (Wildman–Crippen LogP) is 4.86. The van der Waals surface area contributed by atoms with Crippen LogP contribution in [0.2, 0.25) is 0 Å². The molecule has 1 aromatic heterocycles. The molecule has 0 radical (unpaired) electrons. The van der Waals surface area contributed by atoms with Gasteiger partial charge in [0, 0.05) is 20.5 Å². The Hall–Kier alpha value is -2.19. The van der Waals surface area contributed by atoms with Gasteiger partial charge in [-0.1, -0.05) is 6.07 Å². The Morgan fingerprint density at radius 1 is 0.792 bits per heavy atom. The minimum atomic E-state index is -0.188. The van der Waals surface area contributed by atoms with E-state index in [9.17, 15) is 9.59 Å². The highest BCUT2D eigenvalue weighted by Gasteiger charge is 2.09. The zero-order valence-corrected chi connectivity index (χ0v) is 15.4. The summed E-state index contributed by atoms with van der Waals surface area (Å²) in [7, 11) is 0. The van der Waals surface area contributed by atoms with E-state index < -0.39 is 0 Å². The van der Waals surface area contributed by atoms with Gasteiger partial charge in [0.2, 0.25) is 0 Å². The molecular weight excluding hydrogens is 435 g/mol. The van der Waals surface area contributed by atoms with E-state index in [0.29, 0.717) is 16.1 Å². The minimum Gasteiger partial charge on any atom is -0.322 e. The van der Waals surface area contributed by atoms with Crippen LogP contribution in [0.1, 0.15) is 20.0 Å². The topological polar surface area (TPSA) is 58.2 Å². The van der Waals surface area contributed by atoms with Crippen LogP contribution in [0.15, 0.2) is 66.0 Å². The van der Waals surface area contributed by atoms with Crippen LogP contribution in [0.4, 0.5) is 11.4 Å². The lowest BCUT2D eigenvalue weighted by Gasteiger charge is -2.07. The number of hydrogen-bond donors (Lipinski definition) is 2. The summed E-state index contributed by atoms with van der Waals surface area (Å²) in [6.07, 6.45) is 0. The molecule has 0 saturated heterocycles. The van der Waals surface area contributed by atoms with Crippen LogP contribution in [-0.4, -0.2) is 11.8 Å². The lowest BCUT2D eigenvalue weighted by molar-refractivity contribution is 0.102. The van der Waals surface area contributed by atoms with Gasteiger partial charge < -0.3 is 10.6 Å². The number of anilines is 2. The van der Waals surface area contributed by atoms with Crippen molar-refractivity contribution in [3.63, 3.8) is 0 Å². The Kier molecular flexibility index (Phi) is 5.27. The average Bonchev–Trinajstić information content (AvgIpc) is 3.12. The van der Waals surface area contributed by atoms with Crippen LogP contribution < -0.4 is 10.6 Å². The largest absolute Gasteiger partial charge is 0.322 e. The SMILES string of the molecule is O=C(Nc1ccc(I)cc1)c1ccc(NC(=O)c2cccs2)cc1. The maximum atomic E-state index is 12.2. The third kappa shape index (κ3) is 4.21. The van der Waals surface area contributed by atoms with E-state index >= 15 is 0 Å². The summed E-state index contributed by atoms with van der Waals surface area (Å²) >= 11 is 3.60. The van der Waals surface area contributed by atoms with Gasteiger partial charge in [0.05, 0.1) is 4.88 Å². The van der Waals surface area contributed by atoms with Gasteiger partial charge in [-0.05, 0) is 82.6 Å². The monoisotopic (exact) mass is 448 g/mol. The van der Waals surface area contributed by atoms with E-state index in [0.717, 1.165) is 9.26 Å². The molecule has 0 spiro atoms. The molecule has 0 aliphatic carbocycles. The van der Waals surface area contributed by atoms with Crippen LogP contribution in [0.5, 0.6) is 0 Å². The van der Waals surface area contributed by atoms with Crippen molar-refractivity contribution in [3.8, 4) is 0 Å². The average molecular weight is 448 g/mol. The molecule has 0 fully saturated rings. The van der Waals surface area contributed by atoms with E-state index in [1.807, 2.05) is 35.7 Å². The van der Waals surface area contributed by atoms with E-state index in [1.165, 1.54) is 11.3 Å². The van der Waals surface area contributed by atoms with Gasteiger partial charge in [-0.15, -0.1) is 11.3 Å². The summed E-state index contributed by atoms with van der Waals surface area (Å²) in [6.45, 7) is 0. The Bertz CT molecular complexity index is 844. The first-order valence-electron chi connectivity index (χ1n) is 7.14. The lowest BCUT2D eigenvalue weighted by atomic mass is 10.2. The van der Waals surface area contributed by atoms with Crippen LogP contribution in [0.25, 0.3) is 0 Å². The third-order valence-corrected chi connectivity index (χ3v) is 4.84. The van der Waals surface area contributed by atoms with Gasteiger partial charge in [0.15, 0.2) is 0 Å². The van der Waals surface area contributed by atoms with Crippen LogP contribution in [0, 0.1) is 3.57 Å².